The molecule has 0 unspecified atom stereocenters. The van der Waals surface area contributed by atoms with Crippen LogP contribution in [0.1, 0.15) is 55.8 Å². The van der Waals surface area contributed by atoms with Crippen molar-refractivity contribution in [2.45, 2.75) is 58.5 Å². The number of hydrogen-bond acceptors (Lipinski definition) is 4. The molecule has 142 valence electrons. The highest BCUT2D eigenvalue weighted by Crippen LogP contribution is 2.29. The van der Waals surface area contributed by atoms with Crippen LogP contribution in [0.3, 0.4) is 0 Å². The number of amides is 1. The Morgan fingerprint density at radius 1 is 1.31 bits per heavy atom. The molecule has 2 heterocycles. The number of rotatable bonds is 7. The zero-order chi connectivity index (χ0) is 18.5. The van der Waals surface area contributed by atoms with E-state index in [-0.39, 0.29) is 6.61 Å². The van der Waals surface area contributed by atoms with Gasteiger partial charge in [-0.25, -0.2) is 4.79 Å². The Balaban J connectivity index is 1.67. The van der Waals surface area contributed by atoms with Gasteiger partial charge in [-0.1, -0.05) is 24.6 Å². The van der Waals surface area contributed by atoms with Crippen LogP contribution < -0.4 is 0 Å². The molecule has 0 saturated carbocycles. The fourth-order valence-corrected chi connectivity index (χ4v) is 3.86. The van der Waals surface area contributed by atoms with Crippen molar-refractivity contribution in [2.24, 2.45) is 5.92 Å². The van der Waals surface area contributed by atoms with Gasteiger partial charge in [0.2, 0.25) is 0 Å². The van der Waals surface area contributed by atoms with Gasteiger partial charge in [-0.3, -0.25) is 0 Å². The summed E-state index contributed by atoms with van der Waals surface area (Å²) in [5.74, 6) is 0.526. The zero-order valence-corrected chi connectivity index (χ0v) is 15.4. The largest absolute Gasteiger partial charge is 0.465 e. The van der Waals surface area contributed by atoms with Crippen LogP contribution in [0.4, 0.5) is 4.79 Å². The number of likely N-dealkylation sites (tertiary alicyclic amines) is 1. The molecule has 26 heavy (non-hydrogen) atoms. The zero-order valence-electron chi connectivity index (χ0n) is 15.4. The third-order valence-electron chi connectivity index (χ3n) is 5.55. The number of hydrogen-bond donors (Lipinski definition) is 2. The Kier molecular flexibility index (Phi) is 6.14. The summed E-state index contributed by atoms with van der Waals surface area (Å²) in [5.41, 5.74) is 3.67. The van der Waals surface area contributed by atoms with Gasteiger partial charge in [0, 0.05) is 24.0 Å². The summed E-state index contributed by atoms with van der Waals surface area (Å²) in [5, 5.41) is 24.1. The molecule has 1 amide bonds. The van der Waals surface area contributed by atoms with Gasteiger partial charge < -0.3 is 19.6 Å². The van der Waals surface area contributed by atoms with Crippen molar-refractivity contribution in [3.05, 3.63) is 29.0 Å². The van der Waals surface area contributed by atoms with Gasteiger partial charge in [-0.15, -0.1) is 0 Å². The van der Waals surface area contributed by atoms with Crippen molar-refractivity contribution in [2.75, 3.05) is 13.1 Å². The molecule has 0 atom stereocenters. The van der Waals surface area contributed by atoms with Crippen molar-refractivity contribution in [1.29, 1.82) is 0 Å². The number of aliphatic hydroxyl groups is 1. The molecular formula is C20H28N2O4. The Hall–Kier alpha value is -2.08. The SMILES string of the molecule is CCCCc1ccc2c(CCC3CCN(C(=O)O)CC3)noc2c1CO. The normalized spacial score (nSPS) is 15.7. The van der Waals surface area contributed by atoms with Crippen LogP contribution in [0.2, 0.25) is 0 Å². The monoisotopic (exact) mass is 360 g/mol. The minimum absolute atomic E-state index is 0.0291. The Morgan fingerprint density at radius 3 is 2.73 bits per heavy atom. The lowest BCUT2D eigenvalue weighted by Crippen LogP contribution is -2.37. The minimum Gasteiger partial charge on any atom is -0.465 e. The predicted octanol–water partition coefficient (Wildman–Crippen LogP) is 3.99. The van der Waals surface area contributed by atoms with Crippen molar-refractivity contribution in [3.63, 3.8) is 0 Å². The fraction of sp³-hybridized carbons (Fsp3) is 0.600. The number of aryl methyl sites for hydroxylation is 2. The number of piperidine rings is 1. The van der Waals surface area contributed by atoms with Gasteiger partial charge in [0.15, 0.2) is 5.58 Å². The number of nitrogens with zero attached hydrogens (tertiary/aromatic N) is 2. The van der Waals surface area contributed by atoms with Gasteiger partial charge in [-0.05, 0) is 56.1 Å². The lowest BCUT2D eigenvalue weighted by molar-refractivity contribution is 0.123. The van der Waals surface area contributed by atoms with Crippen molar-refractivity contribution < 1.29 is 19.5 Å². The third kappa shape index (κ3) is 4.01. The number of aliphatic hydroxyl groups excluding tert-OH is 1. The maximum atomic E-state index is 11.0. The van der Waals surface area contributed by atoms with E-state index in [0.29, 0.717) is 19.0 Å². The molecule has 1 aliphatic rings. The molecule has 0 spiro atoms. The van der Waals surface area contributed by atoms with Crippen molar-refractivity contribution in [1.82, 2.24) is 10.1 Å². The van der Waals surface area contributed by atoms with Crippen LogP contribution in [0.25, 0.3) is 11.0 Å². The molecule has 1 fully saturated rings. The smallest absolute Gasteiger partial charge is 0.407 e. The first-order chi connectivity index (χ1) is 12.6. The maximum absolute atomic E-state index is 11.0. The first-order valence-corrected chi connectivity index (χ1v) is 9.61. The van der Waals surface area contributed by atoms with E-state index in [9.17, 15) is 9.90 Å². The van der Waals surface area contributed by atoms with Gasteiger partial charge in [0.05, 0.1) is 12.3 Å². The number of unbranched alkanes of at least 4 members (excludes halogenated alkanes) is 1. The summed E-state index contributed by atoms with van der Waals surface area (Å²) >= 11 is 0. The Labute approximate surface area is 153 Å². The second-order valence-corrected chi connectivity index (χ2v) is 7.22. The van der Waals surface area contributed by atoms with Crippen LogP contribution in [-0.4, -0.2) is 39.5 Å². The molecule has 0 radical (unpaired) electrons. The van der Waals surface area contributed by atoms with E-state index in [2.05, 4.69) is 24.2 Å². The third-order valence-corrected chi connectivity index (χ3v) is 5.55. The summed E-state index contributed by atoms with van der Waals surface area (Å²) in [6.45, 7) is 3.37. The van der Waals surface area contributed by atoms with E-state index in [1.165, 1.54) is 4.90 Å². The number of aromatic nitrogens is 1. The maximum Gasteiger partial charge on any atom is 0.407 e. The average molecular weight is 360 g/mol. The second kappa shape index (κ2) is 8.54. The number of carbonyl (C=O) groups is 1. The second-order valence-electron chi connectivity index (χ2n) is 7.22. The molecule has 6 nitrogen and oxygen atoms in total. The predicted molar refractivity (Wildman–Crippen MR) is 99.2 cm³/mol. The summed E-state index contributed by atoms with van der Waals surface area (Å²) in [6.07, 6.45) is 5.96. The van der Waals surface area contributed by atoms with Crippen LogP contribution in [0, 0.1) is 5.92 Å². The lowest BCUT2D eigenvalue weighted by Gasteiger charge is -2.29. The Morgan fingerprint density at radius 2 is 2.08 bits per heavy atom. The molecule has 1 saturated heterocycles. The van der Waals surface area contributed by atoms with Crippen LogP contribution in [0.15, 0.2) is 16.7 Å². The molecule has 3 rings (SSSR count). The van der Waals surface area contributed by atoms with E-state index in [1.54, 1.807) is 0 Å². The van der Waals surface area contributed by atoms with E-state index in [1.807, 2.05) is 0 Å². The van der Waals surface area contributed by atoms with Gasteiger partial charge in [-0.2, -0.15) is 0 Å². The van der Waals surface area contributed by atoms with Gasteiger partial charge in [0.1, 0.15) is 0 Å². The van der Waals surface area contributed by atoms with Crippen LogP contribution in [-0.2, 0) is 19.4 Å². The quantitative estimate of drug-likeness (QED) is 0.780. The van der Waals surface area contributed by atoms with E-state index >= 15 is 0 Å². The minimum atomic E-state index is -0.818. The lowest BCUT2D eigenvalue weighted by atomic mass is 9.91. The molecule has 2 aromatic rings. The van der Waals surface area contributed by atoms with Crippen LogP contribution >= 0.6 is 0 Å². The number of carboxylic acid groups (broad SMARTS) is 1. The Bertz CT molecular complexity index is 748. The molecular weight excluding hydrogens is 332 g/mol. The van der Waals surface area contributed by atoms with Gasteiger partial charge in [0.25, 0.3) is 0 Å². The summed E-state index contributed by atoms with van der Waals surface area (Å²) in [7, 11) is 0. The fourth-order valence-electron chi connectivity index (χ4n) is 3.86. The molecule has 1 aromatic carbocycles. The summed E-state index contributed by atoms with van der Waals surface area (Å²) in [4.78, 5) is 12.5. The van der Waals surface area contributed by atoms with Gasteiger partial charge >= 0.3 is 6.09 Å². The van der Waals surface area contributed by atoms with E-state index in [4.69, 9.17) is 9.63 Å². The molecule has 0 bridgehead atoms. The molecule has 1 aliphatic heterocycles. The highest BCUT2D eigenvalue weighted by Gasteiger charge is 2.23. The first kappa shape index (κ1) is 18.7. The van der Waals surface area contributed by atoms with Crippen molar-refractivity contribution >= 4 is 17.1 Å². The molecule has 0 aliphatic carbocycles. The summed E-state index contributed by atoms with van der Waals surface area (Å²) in [6, 6.07) is 4.16. The molecule has 6 heteroatoms. The topological polar surface area (TPSA) is 86.8 Å². The highest BCUT2D eigenvalue weighted by atomic mass is 16.5. The van der Waals surface area contributed by atoms with Crippen molar-refractivity contribution in [3.8, 4) is 0 Å². The highest BCUT2D eigenvalue weighted by molar-refractivity contribution is 5.83. The molecule has 2 N–H and O–H groups in total. The molecule has 1 aromatic heterocycles. The van der Waals surface area contributed by atoms with E-state index < -0.39 is 6.09 Å². The summed E-state index contributed by atoms with van der Waals surface area (Å²) < 4.78 is 5.58. The average Bonchev–Trinajstić information content (AvgIpc) is 3.07. The first-order valence-electron chi connectivity index (χ1n) is 9.61. The van der Waals surface area contributed by atoms with E-state index in [0.717, 1.165) is 72.7 Å². The number of fused-ring (bicyclic) bond motifs is 1. The standard InChI is InChI=1S/C20H28N2O4/c1-2-3-4-15-6-7-16-18(21-26-19(16)17(15)13-23)8-5-14-9-11-22(12-10-14)20(24)25/h6-7,14,23H,2-5,8-13H2,1H3,(H,24,25). The van der Waals surface area contributed by atoms with Crippen LogP contribution in [0.5, 0.6) is 0 Å². The number of benzene rings is 1.